The predicted octanol–water partition coefficient (Wildman–Crippen LogP) is 8.93. The van der Waals surface area contributed by atoms with E-state index in [0.717, 1.165) is 77.0 Å². The summed E-state index contributed by atoms with van der Waals surface area (Å²) in [6.45, 7) is 3.17. The van der Waals surface area contributed by atoms with Crippen molar-refractivity contribution < 1.29 is 37.9 Å². The van der Waals surface area contributed by atoms with Crippen LogP contribution in [0.3, 0.4) is 0 Å². The molecule has 10 heteroatoms. The van der Waals surface area contributed by atoms with Crippen molar-refractivity contribution in [2.45, 2.75) is 116 Å². The summed E-state index contributed by atoms with van der Waals surface area (Å²) < 4.78 is 26.4. The van der Waals surface area contributed by atoms with Gasteiger partial charge in [0.2, 0.25) is 5.91 Å². The van der Waals surface area contributed by atoms with Crippen molar-refractivity contribution in [2.75, 3.05) is 26.4 Å². The first-order valence-electron chi connectivity index (χ1n) is 17.6. The van der Waals surface area contributed by atoms with E-state index in [0.29, 0.717) is 12.8 Å². The van der Waals surface area contributed by atoms with Gasteiger partial charge in [0, 0.05) is 19.4 Å². The standard InChI is InChI=1S/C38H62NO8P/c1-3-5-7-9-10-11-12-13-14-15-16-17-18-19-20-21-22-23-24-25-26-27-28-30-37(41)39-32-33-46-48(43,44)47-35-36(40)34-45-38(42)31-29-8-6-4-2/h5,7,10-11,13-14,16-17,19-20,22-23,25-26,36,40H,3-4,6,8-9,12,15,18,21,24,27-35H2,1-2H3,(H,39,41)(H,43,44)/b7-5-,11-10-,14-13-,17-16-,20-19-,23-22-,26-25-. The van der Waals surface area contributed by atoms with Gasteiger partial charge < -0.3 is 20.1 Å². The van der Waals surface area contributed by atoms with E-state index in [4.69, 9.17) is 13.8 Å². The molecule has 0 bridgehead atoms. The molecule has 0 aliphatic heterocycles. The number of rotatable bonds is 31. The highest BCUT2D eigenvalue weighted by Gasteiger charge is 2.23. The number of aliphatic hydroxyl groups is 1. The summed E-state index contributed by atoms with van der Waals surface area (Å²) in [5.74, 6) is -0.606. The lowest BCUT2D eigenvalue weighted by Crippen LogP contribution is -2.27. The van der Waals surface area contributed by atoms with Gasteiger partial charge in [-0.25, -0.2) is 4.57 Å². The highest BCUT2D eigenvalue weighted by atomic mass is 31.2. The smallest absolute Gasteiger partial charge is 0.463 e. The molecule has 272 valence electrons. The molecule has 0 radical (unpaired) electrons. The number of unbranched alkanes of at least 4 members (excludes halogenated alkanes) is 4. The normalized spacial score (nSPS) is 14.5. The minimum atomic E-state index is -4.42. The Morgan fingerprint density at radius 2 is 1.19 bits per heavy atom. The molecule has 1 amide bonds. The highest BCUT2D eigenvalue weighted by molar-refractivity contribution is 7.47. The van der Waals surface area contributed by atoms with Crippen molar-refractivity contribution in [1.82, 2.24) is 5.32 Å². The second-order valence-corrected chi connectivity index (χ2v) is 12.6. The van der Waals surface area contributed by atoms with Crippen molar-refractivity contribution in [3.05, 3.63) is 85.1 Å². The molecule has 3 N–H and O–H groups in total. The van der Waals surface area contributed by atoms with E-state index in [1.807, 2.05) is 0 Å². The van der Waals surface area contributed by atoms with Crippen LogP contribution in [0.15, 0.2) is 85.1 Å². The second kappa shape index (κ2) is 34.1. The molecule has 0 aromatic heterocycles. The van der Waals surface area contributed by atoms with Gasteiger partial charge in [-0.2, -0.15) is 0 Å². The number of phosphoric ester groups is 1. The summed E-state index contributed by atoms with van der Waals surface area (Å²) in [6, 6.07) is 0. The summed E-state index contributed by atoms with van der Waals surface area (Å²) in [4.78, 5) is 33.3. The van der Waals surface area contributed by atoms with E-state index >= 15 is 0 Å². The van der Waals surface area contributed by atoms with Gasteiger partial charge in [0.15, 0.2) is 0 Å². The van der Waals surface area contributed by atoms with Crippen LogP contribution in [0.4, 0.5) is 0 Å². The zero-order valence-corrected chi connectivity index (χ0v) is 30.3. The first-order chi connectivity index (χ1) is 23.3. The Labute approximate surface area is 290 Å². The van der Waals surface area contributed by atoms with Gasteiger partial charge in [-0.3, -0.25) is 18.6 Å². The fourth-order valence-electron chi connectivity index (χ4n) is 3.95. The number of allylic oxidation sites excluding steroid dienone is 14. The van der Waals surface area contributed by atoms with Gasteiger partial charge in [0.25, 0.3) is 0 Å². The fraction of sp³-hybridized carbons (Fsp3) is 0.579. The number of hydrogen-bond donors (Lipinski definition) is 3. The van der Waals surface area contributed by atoms with Crippen molar-refractivity contribution in [3.63, 3.8) is 0 Å². The average molecular weight is 692 g/mol. The molecule has 0 aliphatic carbocycles. The largest absolute Gasteiger partial charge is 0.472 e. The number of carbonyl (C=O) groups is 2. The molecule has 0 aromatic carbocycles. The quantitative estimate of drug-likeness (QED) is 0.0284. The zero-order chi connectivity index (χ0) is 35.4. The number of phosphoric acid groups is 1. The van der Waals surface area contributed by atoms with Crippen LogP contribution < -0.4 is 5.32 Å². The minimum Gasteiger partial charge on any atom is -0.463 e. The van der Waals surface area contributed by atoms with E-state index in [-0.39, 0.29) is 32.1 Å². The number of carbonyl (C=O) groups excluding carboxylic acids is 2. The van der Waals surface area contributed by atoms with Crippen LogP contribution in [0, 0.1) is 0 Å². The molecule has 0 aliphatic rings. The van der Waals surface area contributed by atoms with E-state index in [1.54, 1.807) is 0 Å². The lowest BCUT2D eigenvalue weighted by Gasteiger charge is -2.15. The molecule has 0 saturated carbocycles. The van der Waals surface area contributed by atoms with Crippen molar-refractivity contribution in [1.29, 1.82) is 0 Å². The predicted molar refractivity (Wildman–Crippen MR) is 196 cm³/mol. The van der Waals surface area contributed by atoms with Crippen molar-refractivity contribution in [3.8, 4) is 0 Å². The van der Waals surface area contributed by atoms with Gasteiger partial charge in [0.05, 0.1) is 13.2 Å². The minimum absolute atomic E-state index is 0.0451. The maximum Gasteiger partial charge on any atom is 0.472 e. The van der Waals surface area contributed by atoms with Gasteiger partial charge >= 0.3 is 13.8 Å². The maximum atomic E-state index is 12.0. The SMILES string of the molecule is CC/C=C\C/C=C\C/C=C\C/C=C\C/C=C\C/C=C\C/C=C\CCCC(=O)NCCOP(=O)(O)OCC(O)COC(=O)CCCCCC. The van der Waals surface area contributed by atoms with Crippen LogP contribution in [0.2, 0.25) is 0 Å². The molecule has 2 unspecified atom stereocenters. The fourth-order valence-corrected chi connectivity index (χ4v) is 4.71. The monoisotopic (exact) mass is 691 g/mol. The van der Waals surface area contributed by atoms with Crippen LogP contribution >= 0.6 is 7.82 Å². The highest BCUT2D eigenvalue weighted by Crippen LogP contribution is 2.42. The van der Waals surface area contributed by atoms with Gasteiger partial charge in [-0.1, -0.05) is 118 Å². The van der Waals surface area contributed by atoms with E-state index in [2.05, 4.69) is 104 Å². The molecular formula is C38H62NO8P. The van der Waals surface area contributed by atoms with E-state index in [1.165, 1.54) is 0 Å². The summed E-state index contributed by atoms with van der Waals surface area (Å²) >= 11 is 0. The third-order valence-electron chi connectivity index (χ3n) is 6.59. The van der Waals surface area contributed by atoms with Crippen molar-refractivity contribution in [2.24, 2.45) is 0 Å². The molecule has 0 rings (SSSR count). The lowest BCUT2D eigenvalue weighted by molar-refractivity contribution is -0.147. The van der Waals surface area contributed by atoms with Crippen LogP contribution in [-0.2, 0) is 27.9 Å². The van der Waals surface area contributed by atoms with E-state index < -0.39 is 26.5 Å². The van der Waals surface area contributed by atoms with Gasteiger partial charge in [-0.15, -0.1) is 0 Å². The van der Waals surface area contributed by atoms with Crippen LogP contribution in [0.25, 0.3) is 0 Å². The third-order valence-corrected chi connectivity index (χ3v) is 7.57. The summed E-state index contributed by atoms with van der Waals surface area (Å²) in [7, 11) is -4.42. The maximum absolute atomic E-state index is 12.0. The summed E-state index contributed by atoms with van der Waals surface area (Å²) in [6.07, 6.45) is 41.6. The molecule has 0 fully saturated rings. The van der Waals surface area contributed by atoms with Crippen LogP contribution in [0.5, 0.6) is 0 Å². The zero-order valence-electron chi connectivity index (χ0n) is 29.4. The average Bonchev–Trinajstić information content (AvgIpc) is 3.07. The van der Waals surface area contributed by atoms with Crippen LogP contribution in [-0.4, -0.2) is 54.3 Å². The molecule has 0 saturated heterocycles. The topological polar surface area (TPSA) is 131 Å². The Bertz CT molecular complexity index is 1060. The molecule has 0 spiro atoms. The molecule has 48 heavy (non-hydrogen) atoms. The molecule has 9 nitrogen and oxygen atoms in total. The first-order valence-corrected chi connectivity index (χ1v) is 19.1. The van der Waals surface area contributed by atoms with E-state index in [9.17, 15) is 24.2 Å². The second-order valence-electron chi connectivity index (χ2n) is 11.1. The Morgan fingerprint density at radius 3 is 1.71 bits per heavy atom. The number of ether oxygens (including phenoxy) is 1. The molecular weight excluding hydrogens is 629 g/mol. The Balaban J connectivity index is 3.76. The third kappa shape index (κ3) is 34.5. The Morgan fingerprint density at radius 1 is 0.667 bits per heavy atom. The number of aliphatic hydroxyl groups excluding tert-OH is 1. The van der Waals surface area contributed by atoms with Gasteiger partial charge in [-0.05, 0) is 64.2 Å². The lowest BCUT2D eigenvalue weighted by atomic mass is 10.2. The number of nitrogens with one attached hydrogen (secondary N) is 1. The molecule has 0 aromatic rings. The van der Waals surface area contributed by atoms with Crippen molar-refractivity contribution >= 4 is 19.7 Å². The molecule has 2 atom stereocenters. The summed E-state index contributed by atoms with van der Waals surface area (Å²) in [5, 5.41) is 12.5. The van der Waals surface area contributed by atoms with Gasteiger partial charge in [0.1, 0.15) is 12.7 Å². The Hall–Kier alpha value is -2.81. The number of esters is 1. The first kappa shape index (κ1) is 45.2. The Kier molecular flexibility index (Phi) is 32.1. The van der Waals surface area contributed by atoms with Crippen LogP contribution in [0.1, 0.15) is 110 Å². The number of hydrogen-bond acceptors (Lipinski definition) is 7. The number of amides is 1. The summed E-state index contributed by atoms with van der Waals surface area (Å²) in [5.41, 5.74) is 0. The molecule has 0 heterocycles.